The summed E-state index contributed by atoms with van der Waals surface area (Å²) >= 11 is 0. The topological polar surface area (TPSA) is 40.5 Å². The van der Waals surface area contributed by atoms with Crippen LogP contribution in [0.25, 0.3) is 0 Å². The summed E-state index contributed by atoms with van der Waals surface area (Å²) in [6.45, 7) is 2.69. The molecule has 4 heteroatoms. The third-order valence-corrected chi connectivity index (χ3v) is 4.42. The summed E-state index contributed by atoms with van der Waals surface area (Å²) in [6, 6.07) is 13.9. The Morgan fingerprint density at radius 1 is 1.22 bits per heavy atom. The maximum atomic E-state index is 13.2. The van der Waals surface area contributed by atoms with Crippen LogP contribution in [0.2, 0.25) is 0 Å². The van der Waals surface area contributed by atoms with Crippen LogP contribution in [0.15, 0.2) is 48.5 Å². The quantitative estimate of drug-likeness (QED) is 0.946. The lowest BCUT2D eigenvalue weighted by Gasteiger charge is -2.32. The van der Waals surface area contributed by atoms with Crippen LogP contribution in [0, 0.1) is 5.82 Å². The molecule has 2 aromatic carbocycles. The summed E-state index contributed by atoms with van der Waals surface area (Å²) in [4.78, 5) is 14.3. The van der Waals surface area contributed by atoms with Crippen LogP contribution < -0.4 is 0 Å². The molecule has 0 radical (unpaired) electrons. The summed E-state index contributed by atoms with van der Waals surface area (Å²) in [5.74, 6) is -0.329. The largest absolute Gasteiger partial charge is 0.385 e. The molecule has 3 nitrogen and oxygen atoms in total. The van der Waals surface area contributed by atoms with Crippen LogP contribution in [0.3, 0.4) is 0 Å². The van der Waals surface area contributed by atoms with Gasteiger partial charge in [0.05, 0.1) is 12.0 Å². The molecule has 0 aliphatic carbocycles. The minimum atomic E-state index is -1.19. The van der Waals surface area contributed by atoms with E-state index < -0.39 is 5.60 Å². The van der Waals surface area contributed by atoms with Gasteiger partial charge in [-0.25, -0.2) is 4.39 Å². The van der Waals surface area contributed by atoms with Crippen molar-refractivity contribution in [3.8, 4) is 0 Å². The van der Waals surface area contributed by atoms with Gasteiger partial charge in [0.2, 0.25) is 5.91 Å². The predicted octanol–water partition coefficient (Wildman–Crippen LogP) is 3.01. The van der Waals surface area contributed by atoms with Crippen molar-refractivity contribution in [2.45, 2.75) is 31.9 Å². The van der Waals surface area contributed by atoms with E-state index in [-0.39, 0.29) is 18.1 Å². The number of nitrogens with zero attached hydrogens (tertiary/aromatic N) is 1. The Hall–Kier alpha value is -2.20. The highest BCUT2D eigenvalue weighted by Gasteiger charge is 2.30. The summed E-state index contributed by atoms with van der Waals surface area (Å²) in [5, 5.41) is 10.6. The molecular weight excluding hydrogens is 293 g/mol. The smallest absolute Gasteiger partial charge is 0.226 e. The van der Waals surface area contributed by atoms with Crippen molar-refractivity contribution in [3.63, 3.8) is 0 Å². The maximum Gasteiger partial charge on any atom is 0.226 e. The maximum absolute atomic E-state index is 13.2. The molecule has 1 aliphatic rings. The summed E-state index contributed by atoms with van der Waals surface area (Å²) < 4.78 is 13.2. The van der Waals surface area contributed by atoms with Crippen molar-refractivity contribution in [3.05, 3.63) is 71.0 Å². The molecule has 1 aliphatic heterocycles. The van der Waals surface area contributed by atoms with Gasteiger partial charge in [0, 0.05) is 13.1 Å². The third-order valence-electron chi connectivity index (χ3n) is 4.42. The lowest BCUT2D eigenvalue weighted by molar-refractivity contribution is -0.137. The van der Waals surface area contributed by atoms with Gasteiger partial charge in [0.15, 0.2) is 0 Å². The Morgan fingerprint density at radius 2 is 1.96 bits per heavy atom. The zero-order valence-electron chi connectivity index (χ0n) is 13.1. The lowest BCUT2D eigenvalue weighted by atomic mass is 9.91. The minimum Gasteiger partial charge on any atom is -0.385 e. The first-order chi connectivity index (χ1) is 11.0. The Morgan fingerprint density at radius 3 is 2.70 bits per heavy atom. The number of carbonyl (C=O) groups excluding carboxylic acids is 1. The number of aliphatic hydroxyl groups is 1. The van der Waals surface area contributed by atoms with Gasteiger partial charge < -0.3 is 10.0 Å². The molecule has 0 fully saturated rings. The molecule has 0 aromatic heterocycles. The van der Waals surface area contributed by atoms with E-state index in [1.807, 2.05) is 30.3 Å². The van der Waals surface area contributed by atoms with E-state index in [0.717, 1.165) is 16.7 Å². The van der Waals surface area contributed by atoms with Crippen LogP contribution in [0.1, 0.15) is 30.0 Å². The van der Waals surface area contributed by atoms with E-state index in [4.69, 9.17) is 0 Å². The van der Waals surface area contributed by atoms with Gasteiger partial charge >= 0.3 is 0 Å². The van der Waals surface area contributed by atoms with Gasteiger partial charge in [0.25, 0.3) is 0 Å². The van der Waals surface area contributed by atoms with Crippen molar-refractivity contribution in [2.24, 2.45) is 0 Å². The van der Waals surface area contributed by atoms with Crippen molar-refractivity contribution in [1.29, 1.82) is 0 Å². The number of amides is 1. The zero-order chi connectivity index (χ0) is 16.4. The lowest BCUT2D eigenvalue weighted by Crippen LogP contribution is -2.39. The van der Waals surface area contributed by atoms with Gasteiger partial charge in [-0.1, -0.05) is 36.4 Å². The van der Waals surface area contributed by atoms with Gasteiger partial charge in [-0.3, -0.25) is 4.79 Å². The summed E-state index contributed by atoms with van der Waals surface area (Å²) in [5.41, 5.74) is 1.48. The molecule has 0 bridgehead atoms. The first-order valence-electron chi connectivity index (χ1n) is 7.79. The number of hydrogen-bond donors (Lipinski definition) is 1. The van der Waals surface area contributed by atoms with Crippen molar-refractivity contribution in [1.82, 2.24) is 4.90 Å². The number of rotatable bonds is 3. The van der Waals surface area contributed by atoms with E-state index in [1.165, 1.54) is 12.1 Å². The second kappa shape index (κ2) is 6.13. The number of halogens is 1. The van der Waals surface area contributed by atoms with E-state index in [2.05, 4.69) is 0 Å². The van der Waals surface area contributed by atoms with Crippen LogP contribution in [0.4, 0.5) is 4.39 Å². The molecule has 3 rings (SSSR count). The molecule has 1 N–H and O–H groups in total. The molecule has 0 spiro atoms. The van der Waals surface area contributed by atoms with Crippen molar-refractivity contribution in [2.75, 3.05) is 6.54 Å². The molecule has 0 saturated carbocycles. The number of benzene rings is 2. The highest BCUT2D eigenvalue weighted by Crippen LogP contribution is 2.27. The fraction of sp³-hybridized carbons (Fsp3) is 0.316. The highest BCUT2D eigenvalue weighted by atomic mass is 19.1. The summed E-state index contributed by atoms with van der Waals surface area (Å²) in [6.07, 6.45) is 0.680. The fourth-order valence-corrected chi connectivity index (χ4v) is 3.04. The van der Waals surface area contributed by atoms with Gasteiger partial charge in [-0.05, 0) is 42.2 Å². The SMILES string of the molecule is C[C@@](O)(CC(=O)N1CCc2cc(F)ccc2C1)c1ccccc1. The third kappa shape index (κ3) is 3.42. The summed E-state index contributed by atoms with van der Waals surface area (Å²) in [7, 11) is 0. The van der Waals surface area contributed by atoms with Gasteiger partial charge in [-0.2, -0.15) is 0 Å². The first kappa shape index (κ1) is 15.7. The molecule has 1 heterocycles. The van der Waals surface area contributed by atoms with Gasteiger partial charge in [-0.15, -0.1) is 0 Å². The number of fused-ring (bicyclic) bond motifs is 1. The van der Waals surface area contributed by atoms with Crippen LogP contribution in [-0.2, 0) is 23.4 Å². The standard InChI is InChI=1S/C19H20FNO2/c1-19(23,16-5-3-2-4-6-16)12-18(22)21-10-9-14-11-17(20)8-7-15(14)13-21/h2-8,11,23H,9-10,12-13H2,1H3/t19-/m1/s1. The minimum absolute atomic E-state index is 0.0353. The highest BCUT2D eigenvalue weighted by molar-refractivity contribution is 5.77. The van der Waals surface area contributed by atoms with E-state index in [0.29, 0.717) is 19.5 Å². The zero-order valence-corrected chi connectivity index (χ0v) is 13.1. The van der Waals surface area contributed by atoms with Crippen LogP contribution in [0.5, 0.6) is 0 Å². The molecule has 0 saturated heterocycles. The van der Waals surface area contributed by atoms with Crippen molar-refractivity contribution >= 4 is 5.91 Å². The van der Waals surface area contributed by atoms with Crippen LogP contribution in [-0.4, -0.2) is 22.5 Å². The molecule has 1 amide bonds. The number of carbonyl (C=O) groups is 1. The predicted molar refractivity (Wildman–Crippen MR) is 86.2 cm³/mol. The van der Waals surface area contributed by atoms with Crippen LogP contribution >= 0.6 is 0 Å². The average Bonchev–Trinajstić information content (AvgIpc) is 2.54. The first-order valence-corrected chi connectivity index (χ1v) is 7.79. The van der Waals surface area contributed by atoms with Gasteiger partial charge in [0.1, 0.15) is 5.82 Å². The average molecular weight is 313 g/mol. The Balaban J connectivity index is 1.71. The Labute approximate surface area is 135 Å². The Bertz CT molecular complexity index is 713. The molecule has 120 valence electrons. The Kier molecular flexibility index (Phi) is 4.18. The molecule has 23 heavy (non-hydrogen) atoms. The monoisotopic (exact) mass is 313 g/mol. The molecule has 0 unspecified atom stereocenters. The van der Waals surface area contributed by atoms with Crippen molar-refractivity contribution < 1.29 is 14.3 Å². The second-order valence-electron chi connectivity index (χ2n) is 6.29. The second-order valence-corrected chi connectivity index (χ2v) is 6.29. The van der Waals surface area contributed by atoms with E-state index in [9.17, 15) is 14.3 Å². The van der Waals surface area contributed by atoms with E-state index in [1.54, 1.807) is 17.9 Å². The molecule has 1 atom stereocenters. The molecule has 2 aromatic rings. The van der Waals surface area contributed by atoms with E-state index >= 15 is 0 Å². The fourth-order valence-electron chi connectivity index (χ4n) is 3.04. The normalized spacial score (nSPS) is 16.6. The number of hydrogen-bond acceptors (Lipinski definition) is 2. The molecular formula is C19H20FNO2.